The van der Waals surface area contributed by atoms with Crippen molar-refractivity contribution in [1.29, 1.82) is 5.26 Å². The number of nitriles is 1. The zero-order chi connectivity index (χ0) is 26.2. The normalized spacial score (nSPS) is 10.8. The molecule has 0 N–H and O–H groups in total. The zero-order valence-corrected chi connectivity index (χ0v) is 20.5. The van der Waals surface area contributed by atoms with E-state index in [0.29, 0.717) is 33.3 Å². The second-order valence-corrected chi connectivity index (χ2v) is 9.06. The first-order chi connectivity index (χ1) is 18.6. The monoisotopic (exact) mass is 488 g/mol. The lowest BCUT2D eigenvalue weighted by molar-refractivity contribution is 1.19. The molecule has 7 rings (SSSR count). The van der Waals surface area contributed by atoms with Gasteiger partial charge in [0.2, 0.25) is 0 Å². The highest BCUT2D eigenvalue weighted by atomic mass is 16.1. The molecule has 0 amide bonds. The maximum atomic E-state index is 13.6. The van der Waals surface area contributed by atoms with E-state index in [-0.39, 0.29) is 5.56 Å². The predicted molar refractivity (Wildman–Crippen MR) is 153 cm³/mol. The fourth-order valence-electron chi connectivity index (χ4n) is 4.99. The average molecular weight is 489 g/mol. The van der Waals surface area contributed by atoms with Gasteiger partial charge in [0, 0.05) is 21.5 Å². The average Bonchev–Trinajstić information content (AvgIpc) is 3.35. The summed E-state index contributed by atoms with van der Waals surface area (Å²) in [5, 5.41) is 12.7. The number of imidazole rings is 1. The minimum atomic E-state index is -0.202. The molecule has 0 bridgehead atoms. The predicted octanol–water partition coefficient (Wildman–Crippen LogP) is 7.68. The Morgan fingerprint density at radius 2 is 1.55 bits per heavy atom. The van der Waals surface area contributed by atoms with Gasteiger partial charge in [-0.1, -0.05) is 78.4 Å². The van der Waals surface area contributed by atoms with E-state index in [0.717, 1.165) is 27.3 Å². The molecule has 0 saturated heterocycles. The molecule has 0 radical (unpaired) electrons. The molecule has 0 aliphatic carbocycles. The molecule has 5 nitrogen and oxygen atoms in total. The first-order valence-electron chi connectivity index (χ1n) is 12.1. The van der Waals surface area contributed by atoms with Crippen LogP contribution in [0.25, 0.3) is 54.2 Å². The minimum Gasteiger partial charge on any atom is -0.268 e. The van der Waals surface area contributed by atoms with Crippen molar-refractivity contribution in [3.8, 4) is 17.2 Å². The Kier molecular flexibility index (Phi) is 5.53. The molecule has 5 heteroatoms. The van der Waals surface area contributed by atoms with Gasteiger partial charge in [0.1, 0.15) is 5.65 Å². The summed E-state index contributed by atoms with van der Waals surface area (Å²) in [4.78, 5) is 21.8. The maximum Gasteiger partial charge on any atom is 0.264 e. The van der Waals surface area contributed by atoms with E-state index < -0.39 is 0 Å². The summed E-state index contributed by atoms with van der Waals surface area (Å²) < 4.78 is 1.58. The molecular weight excluding hydrogens is 468 g/mol. The van der Waals surface area contributed by atoms with Crippen molar-refractivity contribution in [2.75, 3.05) is 0 Å². The second kappa shape index (κ2) is 9.17. The Morgan fingerprint density at radius 1 is 0.842 bits per heavy atom. The van der Waals surface area contributed by atoms with Crippen LogP contribution in [0.15, 0.2) is 108 Å². The number of rotatable bonds is 1. The van der Waals surface area contributed by atoms with Crippen LogP contribution in [0.1, 0.15) is 11.1 Å². The first-order valence-corrected chi connectivity index (χ1v) is 12.1. The number of aromatic nitrogens is 2. The summed E-state index contributed by atoms with van der Waals surface area (Å²) in [6.07, 6.45) is 0. The van der Waals surface area contributed by atoms with Gasteiger partial charge in [0.25, 0.3) is 5.56 Å². The third-order valence-electron chi connectivity index (χ3n) is 6.75. The van der Waals surface area contributed by atoms with Gasteiger partial charge in [-0.2, -0.15) is 5.26 Å². The number of aryl methyl sites for hydroxylation is 1. The van der Waals surface area contributed by atoms with E-state index in [4.69, 9.17) is 11.6 Å². The largest absolute Gasteiger partial charge is 0.268 e. The van der Waals surface area contributed by atoms with Gasteiger partial charge < -0.3 is 0 Å². The fourth-order valence-corrected chi connectivity index (χ4v) is 4.99. The number of benzene rings is 5. The Morgan fingerprint density at radius 3 is 2.21 bits per heavy atom. The van der Waals surface area contributed by atoms with E-state index in [1.165, 1.54) is 5.56 Å². The van der Waals surface area contributed by atoms with Crippen molar-refractivity contribution < 1.29 is 0 Å². The Bertz CT molecular complexity index is 2120. The summed E-state index contributed by atoms with van der Waals surface area (Å²) >= 11 is 0. The van der Waals surface area contributed by atoms with E-state index in [1.807, 2.05) is 66.7 Å². The van der Waals surface area contributed by atoms with Crippen LogP contribution in [0.3, 0.4) is 0 Å². The van der Waals surface area contributed by atoms with Crippen molar-refractivity contribution in [2.45, 2.75) is 6.92 Å². The van der Waals surface area contributed by atoms with Crippen LogP contribution in [0.5, 0.6) is 0 Å². The standard InChI is InChI=1S/C26H12N4O.C7H8/c1-28-17-8-12-21-22(13-17)30-25(29-21)19-9-7-16(14-27)23-18(15-5-3-2-4-6-15)10-11-20(24(19)23)26(30)31;1-7-5-3-2-4-6-7/h2-13H;2-6H,1H3. The summed E-state index contributed by atoms with van der Waals surface area (Å²) in [6, 6.07) is 34.9. The van der Waals surface area contributed by atoms with Crippen molar-refractivity contribution in [3.63, 3.8) is 0 Å². The molecule has 7 aromatic rings. The summed E-state index contributed by atoms with van der Waals surface area (Å²) in [5.74, 6) is 0. The Hall–Kier alpha value is -5.52. The quantitative estimate of drug-likeness (QED) is 0.223. The van der Waals surface area contributed by atoms with Crippen LogP contribution in [0, 0.1) is 24.8 Å². The van der Waals surface area contributed by atoms with E-state index in [1.54, 1.807) is 28.7 Å². The van der Waals surface area contributed by atoms with E-state index >= 15 is 0 Å². The molecule has 2 heterocycles. The van der Waals surface area contributed by atoms with Gasteiger partial charge in [-0.05, 0) is 48.4 Å². The SMILES string of the molecule is Cc1ccccc1.[C-]#[N+]c1ccc2nc3c4ccc(C#N)c5c(-c6ccccc6)ccc(c(=O)n3c2c1)c54. The van der Waals surface area contributed by atoms with Crippen LogP contribution >= 0.6 is 0 Å². The maximum absolute atomic E-state index is 13.6. The summed E-state index contributed by atoms with van der Waals surface area (Å²) in [5.41, 5.74) is 5.79. The molecule has 0 fully saturated rings. The molecule has 5 aromatic carbocycles. The highest BCUT2D eigenvalue weighted by Gasteiger charge is 2.20. The molecule has 0 unspecified atom stereocenters. The van der Waals surface area contributed by atoms with Gasteiger partial charge in [-0.25, -0.2) is 9.83 Å². The highest BCUT2D eigenvalue weighted by Crippen LogP contribution is 2.38. The van der Waals surface area contributed by atoms with Gasteiger partial charge in [0.05, 0.1) is 29.2 Å². The molecule has 0 aliphatic rings. The summed E-state index contributed by atoms with van der Waals surface area (Å²) in [6.45, 7) is 9.39. The number of hydrogen-bond donors (Lipinski definition) is 0. The molecule has 0 spiro atoms. The molecule has 178 valence electrons. The Balaban J connectivity index is 0.000000330. The topological polar surface area (TPSA) is 62.5 Å². The number of pyridine rings is 1. The van der Waals surface area contributed by atoms with E-state index in [9.17, 15) is 10.1 Å². The van der Waals surface area contributed by atoms with Crippen molar-refractivity contribution in [1.82, 2.24) is 9.38 Å². The number of fused-ring (bicyclic) bond motifs is 4. The third kappa shape index (κ3) is 3.63. The molecule has 2 aromatic heterocycles. The summed E-state index contributed by atoms with van der Waals surface area (Å²) in [7, 11) is 0. The van der Waals surface area contributed by atoms with Crippen molar-refractivity contribution in [2.24, 2.45) is 0 Å². The van der Waals surface area contributed by atoms with Gasteiger partial charge in [0.15, 0.2) is 5.69 Å². The van der Waals surface area contributed by atoms with Crippen molar-refractivity contribution in [3.05, 3.63) is 136 Å². The molecular formula is C33H20N4O. The van der Waals surface area contributed by atoms with Crippen LogP contribution in [0.2, 0.25) is 0 Å². The first kappa shape index (κ1) is 22.9. The van der Waals surface area contributed by atoms with E-state index in [2.05, 4.69) is 30.0 Å². The lowest BCUT2D eigenvalue weighted by Crippen LogP contribution is -2.13. The smallest absolute Gasteiger partial charge is 0.264 e. The second-order valence-electron chi connectivity index (χ2n) is 9.06. The van der Waals surface area contributed by atoms with Gasteiger partial charge in [-0.15, -0.1) is 0 Å². The van der Waals surface area contributed by atoms with Gasteiger partial charge in [-0.3, -0.25) is 9.20 Å². The van der Waals surface area contributed by atoms with Crippen molar-refractivity contribution >= 4 is 43.9 Å². The van der Waals surface area contributed by atoms with Gasteiger partial charge >= 0.3 is 0 Å². The Labute approximate surface area is 218 Å². The fraction of sp³-hybridized carbons (Fsp3) is 0.0303. The molecule has 0 aliphatic heterocycles. The molecule has 0 atom stereocenters. The minimum absolute atomic E-state index is 0.202. The number of hydrogen-bond acceptors (Lipinski definition) is 3. The van der Waals surface area contributed by atoms with Crippen LogP contribution in [0.4, 0.5) is 5.69 Å². The van der Waals surface area contributed by atoms with Crippen LogP contribution in [-0.2, 0) is 0 Å². The highest BCUT2D eigenvalue weighted by molar-refractivity contribution is 6.20. The molecule has 38 heavy (non-hydrogen) atoms. The van der Waals surface area contributed by atoms with Crippen LogP contribution in [-0.4, -0.2) is 9.38 Å². The third-order valence-corrected chi connectivity index (χ3v) is 6.75. The number of nitrogens with zero attached hydrogens (tertiary/aromatic N) is 4. The molecule has 0 saturated carbocycles. The van der Waals surface area contributed by atoms with Crippen LogP contribution < -0.4 is 5.56 Å². The lowest BCUT2D eigenvalue weighted by atomic mass is 9.91. The zero-order valence-electron chi connectivity index (χ0n) is 20.5. The lowest BCUT2D eigenvalue weighted by Gasteiger charge is -2.13.